The molecule has 0 spiro atoms. The summed E-state index contributed by atoms with van der Waals surface area (Å²) < 4.78 is 38.9. The first kappa shape index (κ1) is 16.2. The van der Waals surface area contributed by atoms with Crippen molar-refractivity contribution in [2.45, 2.75) is 32.7 Å². The van der Waals surface area contributed by atoms with Crippen LogP contribution in [0.15, 0.2) is 18.3 Å². The zero-order valence-corrected chi connectivity index (χ0v) is 13.3. The van der Waals surface area contributed by atoms with Crippen LogP contribution in [0, 0.1) is 5.82 Å². The van der Waals surface area contributed by atoms with Crippen molar-refractivity contribution in [3.63, 3.8) is 0 Å². The lowest BCUT2D eigenvalue weighted by atomic mass is 10.2. The Morgan fingerprint density at radius 3 is 2.71 bits per heavy atom. The summed E-state index contributed by atoms with van der Waals surface area (Å²) >= 11 is 0. The summed E-state index contributed by atoms with van der Waals surface area (Å²) in [5.41, 5.74) is 0. The highest BCUT2D eigenvalue weighted by molar-refractivity contribution is 7.89. The molecule has 0 radical (unpaired) electrons. The van der Waals surface area contributed by atoms with Gasteiger partial charge in [0.2, 0.25) is 10.0 Å². The van der Waals surface area contributed by atoms with Crippen molar-refractivity contribution in [3.05, 3.63) is 24.1 Å². The maximum Gasteiger partial charge on any atom is 0.214 e. The molecule has 1 saturated heterocycles. The standard InChI is InChI=1S/C14H22FN3O2S/c1-3-4-9-21(19,20)17-7-8-18(12(2)11-17)14-6-5-13(15)10-16-14/h5-6,10,12H,3-4,7-9,11H2,1-2H3. The largest absolute Gasteiger partial charge is 0.351 e. The quantitative estimate of drug-likeness (QED) is 0.832. The highest BCUT2D eigenvalue weighted by Gasteiger charge is 2.31. The van der Waals surface area contributed by atoms with E-state index in [-0.39, 0.29) is 17.6 Å². The fraction of sp³-hybridized carbons (Fsp3) is 0.643. The third-order valence-electron chi connectivity index (χ3n) is 3.75. The number of aromatic nitrogens is 1. The maximum absolute atomic E-state index is 12.9. The molecule has 0 aliphatic carbocycles. The molecule has 1 aromatic heterocycles. The third-order valence-corrected chi connectivity index (χ3v) is 5.67. The van der Waals surface area contributed by atoms with Crippen molar-refractivity contribution >= 4 is 15.8 Å². The van der Waals surface area contributed by atoms with Crippen LogP contribution in [-0.4, -0.2) is 49.1 Å². The molecule has 118 valence electrons. The summed E-state index contributed by atoms with van der Waals surface area (Å²) in [6.45, 7) is 5.43. The third kappa shape index (κ3) is 3.91. The molecule has 1 aromatic rings. The number of halogens is 1. The monoisotopic (exact) mass is 315 g/mol. The molecule has 2 heterocycles. The summed E-state index contributed by atoms with van der Waals surface area (Å²) in [5, 5.41) is 0. The summed E-state index contributed by atoms with van der Waals surface area (Å²) in [7, 11) is -3.16. The average Bonchev–Trinajstić information content (AvgIpc) is 2.46. The van der Waals surface area contributed by atoms with Gasteiger partial charge in [0.1, 0.15) is 11.6 Å². The first-order valence-electron chi connectivity index (χ1n) is 7.30. The second-order valence-corrected chi connectivity index (χ2v) is 7.49. The minimum Gasteiger partial charge on any atom is -0.351 e. The van der Waals surface area contributed by atoms with Gasteiger partial charge in [0, 0.05) is 25.7 Å². The van der Waals surface area contributed by atoms with E-state index in [4.69, 9.17) is 0 Å². The molecule has 1 unspecified atom stereocenters. The Morgan fingerprint density at radius 2 is 2.14 bits per heavy atom. The second kappa shape index (κ2) is 6.70. The van der Waals surface area contributed by atoms with Gasteiger partial charge in [0.05, 0.1) is 11.9 Å². The van der Waals surface area contributed by atoms with E-state index < -0.39 is 10.0 Å². The molecule has 1 fully saturated rings. The van der Waals surface area contributed by atoms with Gasteiger partial charge >= 0.3 is 0 Å². The molecule has 1 atom stereocenters. The number of rotatable bonds is 5. The SMILES string of the molecule is CCCCS(=O)(=O)N1CCN(c2ccc(F)cn2)C(C)C1. The van der Waals surface area contributed by atoms with Crippen molar-refractivity contribution in [1.29, 1.82) is 0 Å². The number of piperazine rings is 1. The highest BCUT2D eigenvalue weighted by Crippen LogP contribution is 2.20. The fourth-order valence-corrected chi connectivity index (χ4v) is 4.23. The summed E-state index contributed by atoms with van der Waals surface area (Å²) in [4.78, 5) is 6.09. The zero-order chi connectivity index (χ0) is 15.5. The van der Waals surface area contributed by atoms with Gasteiger partial charge in [0.25, 0.3) is 0 Å². The lowest BCUT2D eigenvalue weighted by Crippen LogP contribution is -2.54. The van der Waals surface area contributed by atoms with Crippen molar-refractivity contribution in [2.75, 3.05) is 30.3 Å². The number of pyridine rings is 1. The molecule has 0 bridgehead atoms. The van der Waals surface area contributed by atoms with Crippen LogP contribution in [0.2, 0.25) is 0 Å². The molecule has 21 heavy (non-hydrogen) atoms. The van der Waals surface area contributed by atoms with Gasteiger partial charge in [0.15, 0.2) is 0 Å². The number of anilines is 1. The van der Waals surface area contributed by atoms with Gasteiger partial charge in [-0.25, -0.2) is 17.8 Å². The van der Waals surface area contributed by atoms with E-state index in [1.54, 1.807) is 10.4 Å². The molecule has 5 nitrogen and oxygen atoms in total. The van der Waals surface area contributed by atoms with E-state index in [1.807, 2.05) is 18.7 Å². The van der Waals surface area contributed by atoms with E-state index in [2.05, 4.69) is 4.98 Å². The fourth-order valence-electron chi connectivity index (χ4n) is 2.51. The first-order valence-corrected chi connectivity index (χ1v) is 8.91. The van der Waals surface area contributed by atoms with Gasteiger partial charge in [-0.15, -0.1) is 0 Å². The number of sulfonamides is 1. The zero-order valence-electron chi connectivity index (χ0n) is 12.5. The van der Waals surface area contributed by atoms with Crippen molar-refractivity contribution in [2.24, 2.45) is 0 Å². The average molecular weight is 315 g/mol. The van der Waals surface area contributed by atoms with Gasteiger partial charge in [-0.1, -0.05) is 13.3 Å². The van der Waals surface area contributed by atoms with Crippen LogP contribution in [0.3, 0.4) is 0 Å². The van der Waals surface area contributed by atoms with Gasteiger partial charge in [-0.3, -0.25) is 0 Å². The number of unbranched alkanes of at least 4 members (excludes halogenated alkanes) is 1. The van der Waals surface area contributed by atoms with Crippen molar-refractivity contribution in [3.8, 4) is 0 Å². The first-order chi connectivity index (χ1) is 9.94. The number of nitrogens with zero attached hydrogens (tertiary/aromatic N) is 3. The van der Waals surface area contributed by atoms with Crippen LogP contribution in [0.5, 0.6) is 0 Å². The molecule has 0 aromatic carbocycles. The Hall–Kier alpha value is -1.21. The summed E-state index contributed by atoms with van der Waals surface area (Å²) in [5.74, 6) is 0.534. The predicted octanol–water partition coefficient (Wildman–Crippen LogP) is 1.86. The molecule has 1 aliphatic rings. The van der Waals surface area contributed by atoms with Crippen LogP contribution < -0.4 is 4.90 Å². The second-order valence-electron chi connectivity index (χ2n) is 5.40. The normalized spacial score (nSPS) is 20.7. The number of hydrogen-bond acceptors (Lipinski definition) is 4. The highest BCUT2D eigenvalue weighted by atomic mass is 32.2. The smallest absolute Gasteiger partial charge is 0.214 e. The molecule has 0 N–H and O–H groups in total. The van der Waals surface area contributed by atoms with E-state index in [0.29, 0.717) is 31.9 Å². The van der Waals surface area contributed by atoms with Crippen LogP contribution in [0.4, 0.5) is 10.2 Å². The minimum absolute atomic E-state index is 0.0214. The molecule has 0 saturated carbocycles. The molecule has 7 heteroatoms. The Kier molecular flexibility index (Phi) is 5.16. The Bertz CT molecular complexity index is 562. The number of hydrogen-bond donors (Lipinski definition) is 0. The molecule has 0 amide bonds. The molecule has 2 rings (SSSR count). The van der Waals surface area contributed by atoms with E-state index in [9.17, 15) is 12.8 Å². The maximum atomic E-state index is 12.9. The van der Waals surface area contributed by atoms with Gasteiger partial charge in [-0.2, -0.15) is 4.31 Å². The van der Waals surface area contributed by atoms with Crippen molar-refractivity contribution in [1.82, 2.24) is 9.29 Å². The van der Waals surface area contributed by atoms with Crippen molar-refractivity contribution < 1.29 is 12.8 Å². The summed E-state index contributed by atoms with van der Waals surface area (Å²) in [6, 6.07) is 3.03. The topological polar surface area (TPSA) is 53.5 Å². The van der Waals surface area contributed by atoms with E-state index >= 15 is 0 Å². The van der Waals surface area contributed by atoms with Crippen LogP contribution in [0.25, 0.3) is 0 Å². The minimum atomic E-state index is -3.16. The van der Waals surface area contributed by atoms with Crippen LogP contribution in [-0.2, 0) is 10.0 Å². The predicted molar refractivity (Wildman–Crippen MR) is 81.3 cm³/mol. The lowest BCUT2D eigenvalue weighted by molar-refractivity contribution is 0.341. The van der Waals surface area contributed by atoms with E-state index in [0.717, 1.165) is 6.42 Å². The molecular formula is C14H22FN3O2S. The van der Waals surface area contributed by atoms with Crippen LogP contribution in [0.1, 0.15) is 26.7 Å². The van der Waals surface area contributed by atoms with E-state index in [1.165, 1.54) is 12.3 Å². The van der Waals surface area contributed by atoms with Crippen LogP contribution >= 0.6 is 0 Å². The molecular weight excluding hydrogens is 293 g/mol. The van der Waals surface area contributed by atoms with Gasteiger partial charge < -0.3 is 4.90 Å². The Labute approximate surface area is 125 Å². The Morgan fingerprint density at radius 1 is 1.38 bits per heavy atom. The molecule has 1 aliphatic heterocycles. The summed E-state index contributed by atoms with van der Waals surface area (Å²) in [6.07, 6.45) is 2.75. The lowest BCUT2D eigenvalue weighted by Gasteiger charge is -2.39. The Balaban J connectivity index is 2.03. The van der Waals surface area contributed by atoms with Gasteiger partial charge in [-0.05, 0) is 25.5 Å².